The van der Waals surface area contributed by atoms with E-state index in [1.807, 2.05) is 30.3 Å². The summed E-state index contributed by atoms with van der Waals surface area (Å²) in [6, 6.07) is 22.8. The van der Waals surface area contributed by atoms with E-state index in [9.17, 15) is 0 Å². The number of ether oxygens (including phenoxy) is 2. The SMILES string of the molecule is CCCCCCCOc1ccc([C@@H]2Oc3ccc(Cl)cc3[C@@H]3CC(c4ccc(C)cc4)=NN32)cc1. The molecule has 4 nitrogen and oxygen atoms in total. The van der Waals surface area contributed by atoms with Gasteiger partial charge in [0.15, 0.2) is 0 Å². The molecule has 0 fully saturated rings. The lowest BCUT2D eigenvalue weighted by Gasteiger charge is -2.38. The van der Waals surface area contributed by atoms with Crippen LogP contribution in [0.15, 0.2) is 71.8 Å². The Morgan fingerprint density at radius 2 is 1.74 bits per heavy atom. The third-order valence-corrected chi connectivity index (χ3v) is 7.05. The molecule has 0 unspecified atom stereocenters. The number of benzene rings is 3. The molecule has 5 rings (SSSR count). The molecule has 3 aromatic rings. The van der Waals surface area contributed by atoms with E-state index < -0.39 is 0 Å². The molecule has 35 heavy (non-hydrogen) atoms. The van der Waals surface area contributed by atoms with Gasteiger partial charge in [-0.1, -0.05) is 74.0 Å². The Morgan fingerprint density at radius 1 is 0.971 bits per heavy atom. The molecule has 5 heteroatoms. The first kappa shape index (κ1) is 23.7. The van der Waals surface area contributed by atoms with Crippen LogP contribution in [0.5, 0.6) is 11.5 Å². The summed E-state index contributed by atoms with van der Waals surface area (Å²) in [6.45, 7) is 5.10. The van der Waals surface area contributed by atoms with Crippen molar-refractivity contribution in [2.24, 2.45) is 5.10 Å². The van der Waals surface area contributed by atoms with Crippen molar-refractivity contribution in [2.75, 3.05) is 6.61 Å². The topological polar surface area (TPSA) is 34.1 Å². The Hall–Kier alpha value is -2.98. The zero-order valence-electron chi connectivity index (χ0n) is 20.5. The second kappa shape index (κ2) is 10.7. The fourth-order valence-electron chi connectivity index (χ4n) is 4.82. The number of hydrogen-bond donors (Lipinski definition) is 0. The van der Waals surface area contributed by atoms with Crippen LogP contribution in [0, 0.1) is 6.92 Å². The number of rotatable bonds is 9. The Balaban J connectivity index is 1.36. The van der Waals surface area contributed by atoms with Gasteiger partial charge in [-0.25, -0.2) is 5.01 Å². The molecule has 0 amide bonds. The lowest BCUT2D eigenvalue weighted by molar-refractivity contribution is -0.0190. The van der Waals surface area contributed by atoms with Gasteiger partial charge in [0.1, 0.15) is 11.5 Å². The summed E-state index contributed by atoms with van der Waals surface area (Å²) in [5, 5.41) is 7.86. The molecule has 2 atom stereocenters. The van der Waals surface area contributed by atoms with E-state index in [2.05, 4.69) is 55.3 Å². The first-order valence-corrected chi connectivity index (χ1v) is 13.1. The van der Waals surface area contributed by atoms with E-state index in [0.29, 0.717) is 5.02 Å². The molecule has 0 aliphatic carbocycles. The number of fused-ring (bicyclic) bond motifs is 3. The first-order valence-electron chi connectivity index (χ1n) is 12.7. The minimum Gasteiger partial charge on any atom is -0.494 e. The van der Waals surface area contributed by atoms with Gasteiger partial charge in [0.2, 0.25) is 6.23 Å². The Bertz CT molecular complexity index is 1170. The summed E-state index contributed by atoms with van der Waals surface area (Å²) in [4.78, 5) is 0. The van der Waals surface area contributed by atoms with Gasteiger partial charge < -0.3 is 9.47 Å². The number of hydrazone groups is 1. The Morgan fingerprint density at radius 3 is 2.51 bits per heavy atom. The van der Waals surface area contributed by atoms with E-state index in [1.165, 1.54) is 31.2 Å². The van der Waals surface area contributed by atoms with Crippen LogP contribution in [0.3, 0.4) is 0 Å². The molecule has 0 radical (unpaired) electrons. The van der Waals surface area contributed by atoms with Crippen molar-refractivity contribution in [3.8, 4) is 11.5 Å². The van der Waals surface area contributed by atoms with Gasteiger partial charge in [0, 0.05) is 22.6 Å². The predicted octanol–water partition coefficient (Wildman–Crippen LogP) is 8.24. The van der Waals surface area contributed by atoms with Gasteiger partial charge in [0.25, 0.3) is 0 Å². The summed E-state index contributed by atoms with van der Waals surface area (Å²) < 4.78 is 12.5. The molecule has 2 aliphatic rings. The summed E-state index contributed by atoms with van der Waals surface area (Å²) in [7, 11) is 0. The minimum absolute atomic E-state index is 0.0813. The van der Waals surface area contributed by atoms with E-state index >= 15 is 0 Å². The molecule has 0 aromatic heterocycles. The molecule has 0 N–H and O–H groups in total. The average molecular weight is 489 g/mol. The van der Waals surface area contributed by atoms with Crippen LogP contribution in [-0.4, -0.2) is 17.3 Å². The van der Waals surface area contributed by atoms with Crippen LogP contribution in [0.25, 0.3) is 0 Å². The first-order chi connectivity index (χ1) is 17.1. The molecular formula is C30H33ClN2O2. The van der Waals surface area contributed by atoms with Crippen LogP contribution in [0.4, 0.5) is 0 Å². The molecular weight excluding hydrogens is 456 g/mol. The highest BCUT2D eigenvalue weighted by molar-refractivity contribution is 6.30. The number of unbranched alkanes of at least 4 members (excludes halogenated alkanes) is 4. The van der Waals surface area contributed by atoms with E-state index in [0.717, 1.165) is 53.3 Å². The van der Waals surface area contributed by atoms with Crippen molar-refractivity contribution in [3.05, 3.63) is 94.0 Å². The zero-order chi connectivity index (χ0) is 24.2. The molecule has 182 valence electrons. The van der Waals surface area contributed by atoms with Crippen LogP contribution in [0.1, 0.15) is 80.0 Å². The smallest absolute Gasteiger partial charge is 0.213 e. The van der Waals surface area contributed by atoms with Crippen LogP contribution in [0.2, 0.25) is 5.02 Å². The maximum Gasteiger partial charge on any atom is 0.213 e. The third kappa shape index (κ3) is 5.33. The van der Waals surface area contributed by atoms with Crippen LogP contribution in [-0.2, 0) is 0 Å². The second-order valence-electron chi connectivity index (χ2n) is 9.50. The highest BCUT2D eigenvalue weighted by atomic mass is 35.5. The average Bonchev–Trinajstić information content (AvgIpc) is 3.32. The lowest BCUT2D eigenvalue weighted by Crippen LogP contribution is -2.33. The number of halogens is 1. The molecule has 0 saturated carbocycles. The largest absolute Gasteiger partial charge is 0.494 e. The number of nitrogens with zero attached hydrogens (tertiary/aromatic N) is 2. The van der Waals surface area contributed by atoms with E-state index in [1.54, 1.807) is 0 Å². The molecule has 0 saturated heterocycles. The van der Waals surface area contributed by atoms with E-state index in [4.69, 9.17) is 26.2 Å². The second-order valence-corrected chi connectivity index (χ2v) is 9.93. The molecule has 2 heterocycles. The quantitative estimate of drug-likeness (QED) is 0.284. The van der Waals surface area contributed by atoms with Gasteiger partial charge in [-0.05, 0) is 61.4 Å². The Labute approximate surface area is 213 Å². The standard InChI is InChI=1S/C30H33ClN2O2/c1-3-4-5-6-7-18-34-25-15-12-23(13-16-25)30-33-28(26-19-24(31)14-17-29(26)35-30)20-27(32-33)22-10-8-21(2)9-11-22/h8-17,19,28,30H,3-7,18,20H2,1-2H3/t28-,30-/m0/s1. The van der Waals surface area contributed by atoms with E-state index in [-0.39, 0.29) is 12.3 Å². The number of aryl methyl sites for hydroxylation is 1. The molecule has 0 bridgehead atoms. The van der Waals surface area contributed by atoms with Crippen molar-refractivity contribution >= 4 is 17.3 Å². The van der Waals surface area contributed by atoms with Crippen molar-refractivity contribution in [3.63, 3.8) is 0 Å². The highest BCUT2D eigenvalue weighted by Gasteiger charge is 2.41. The highest BCUT2D eigenvalue weighted by Crippen LogP contribution is 2.48. The third-order valence-electron chi connectivity index (χ3n) is 6.82. The molecule has 3 aromatic carbocycles. The van der Waals surface area contributed by atoms with Gasteiger partial charge in [-0.3, -0.25) is 0 Å². The fraction of sp³-hybridized carbons (Fsp3) is 0.367. The summed E-state index contributed by atoms with van der Waals surface area (Å²) >= 11 is 6.36. The normalized spacial score (nSPS) is 18.5. The fourth-order valence-corrected chi connectivity index (χ4v) is 5.00. The summed E-state index contributed by atoms with van der Waals surface area (Å²) in [6.07, 6.45) is 6.68. The van der Waals surface area contributed by atoms with Crippen molar-refractivity contribution in [2.45, 2.75) is 64.6 Å². The Kier molecular flexibility index (Phi) is 7.29. The van der Waals surface area contributed by atoms with Crippen LogP contribution < -0.4 is 9.47 Å². The van der Waals surface area contributed by atoms with Crippen molar-refractivity contribution in [1.29, 1.82) is 0 Å². The predicted molar refractivity (Wildman–Crippen MR) is 142 cm³/mol. The minimum atomic E-state index is -0.306. The van der Waals surface area contributed by atoms with Crippen molar-refractivity contribution < 1.29 is 9.47 Å². The maximum absolute atomic E-state index is 6.49. The molecule has 0 spiro atoms. The maximum atomic E-state index is 6.49. The monoisotopic (exact) mass is 488 g/mol. The lowest BCUT2D eigenvalue weighted by atomic mass is 9.95. The van der Waals surface area contributed by atoms with Gasteiger partial charge in [-0.2, -0.15) is 5.10 Å². The van der Waals surface area contributed by atoms with Gasteiger partial charge in [0.05, 0.1) is 18.4 Å². The summed E-state index contributed by atoms with van der Waals surface area (Å²) in [5.41, 5.74) is 5.60. The van der Waals surface area contributed by atoms with Crippen LogP contribution >= 0.6 is 11.6 Å². The molecule has 2 aliphatic heterocycles. The number of hydrogen-bond acceptors (Lipinski definition) is 4. The van der Waals surface area contributed by atoms with Gasteiger partial charge >= 0.3 is 0 Å². The zero-order valence-corrected chi connectivity index (χ0v) is 21.3. The van der Waals surface area contributed by atoms with Gasteiger partial charge in [-0.15, -0.1) is 0 Å². The summed E-state index contributed by atoms with van der Waals surface area (Å²) in [5.74, 6) is 1.77. The van der Waals surface area contributed by atoms with Crippen molar-refractivity contribution in [1.82, 2.24) is 5.01 Å².